The van der Waals surface area contributed by atoms with Crippen LogP contribution >= 0.6 is 0 Å². The van der Waals surface area contributed by atoms with E-state index in [9.17, 15) is 4.79 Å². The molecule has 2 heterocycles. The maximum Gasteiger partial charge on any atom is 0.259 e. The van der Waals surface area contributed by atoms with Gasteiger partial charge in [0.1, 0.15) is 29.1 Å². The number of para-hydroxylation sites is 1. The highest BCUT2D eigenvalue weighted by Gasteiger charge is 2.15. The Balaban J connectivity index is 1.32. The summed E-state index contributed by atoms with van der Waals surface area (Å²) in [6.07, 6.45) is 2.92. The predicted molar refractivity (Wildman–Crippen MR) is 124 cm³/mol. The molecule has 8 nitrogen and oxygen atoms in total. The molecule has 0 unspecified atom stereocenters. The van der Waals surface area contributed by atoms with Gasteiger partial charge in [-0.25, -0.2) is 4.98 Å². The van der Waals surface area contributed by atoms with Crippen LogP contribution in [0, 0.1) is 0 Å². The molecule has 5 aromatic rings. The second kappa shape index (κ2) is 8.72. The number of anilines is 2. The molecule has 2 aromatic heterocycles. The van der Waals surface area contributed by atoms with Crippen molar-refractivity contribution in [3.05, 3.63) is 96.9 Å². The molecule has 0 radical (unpaired) electrons. The molecule has 3 aromatic carbocycles. The van der Waals surface area contributed by atoms with Crippen LogP contribution in [0.2, 0.25) is 0 Å². The number of amides is 1. The summed E-state index contributed by atoms with van der Waals surface area (Å²) in [5, 5.41) is 3.53. The van der Waals surface area contributed by atoms with Gasteiger partial charge in [0.05, 0.1) is 5.56 Å². The van der Waals surface area contributed by atoms with Gasteiger partial charge in [-0.1, -0.05) is 24.3 Å². The van der Waals surface area contributed by atoms with Gasteiger partial charge in [-0.2, -0.15) is 4.98 Å². The lowest BCUT2D eigenvalue weighted by Crippen LogP contribution is -2.11. The van der Waals surface area contributed by atoms with Crippen molar-refractivity contribution in [2.75, 3.05) is 11.1 Å². The van der Waals surface area contributed by atoms with Gasteiger partial charge < -0.3 is 24.9 Å². The average Bonchev–Trinajstić information content (AvgIpc) is 3.23. The number of nitrogens with zero attached hydrogens (tertiary/aromatic N) is 2. The first-order valence-electron chi connectivity index (χ1n) is 10.1. The van der Waals surface area contributed by atoms with E-state index in [4.69, 9.17) is 19.6 Å². The average molecular weight is 438 g/mol. The largest absolute Gasteiger partial charge is 0.463 e. The Hall–Kier alpha value is -4.85. The Morgan fingerprint density at radius 2 is 1.70 bits per heavy atom. The molecule has 0 fully saturated rings. The van der Waals surface area contributed by atoms with Crippen molar-refractivity contribution >= 4 is 28.5 Å². The van der Waals surface area contributed by atoms with Crippen LogP contribution in [-0.4, -0.2) is 15.9 Å². The zero-order valence-electron chi connectivity index (χ0n) is 17.3. The number of benzene rings is 3. The number of furan rings is 1. The molecular formula is C25H18N4O4. The molecule has 0 spiro atoms. The Morgan fingerprint density at radius 3 is 2.55 bits per heavy atom. The summed E-state index contributed by atoms with van der Waals surface area (Å²) >= 11 is 0. The molecule has 0 aliphatic carbocycles. The molecule has 0 atom stereocenters. The molecule has 5 rings (SSSR count). The topological polar surface area (TPSA) is 113 Å². The second-order valence-corrected chi connectivity index (χ2v) is 7.06. The van der Waals surface area contributed by atoms with E-state index in [-0.39, 0.29) is 11.9 Å². The second-order valence-electron chi connectivity index (χ2n) is 7.06. The summed E-state index contributed by atoms with van der Waals surface area (Å²) in [6.45, 7) is 0. The van der Waals surface area contributed by atoms with Crippen molar-refractivity contribution < 1.29 is 18.7 Å². The van der Waals surface area contributed by atoms with Crippen LogP contribution in [0.5, 0.6) is 23.1 Å². The number of aromatic nitrogens is 2. The molecule has 0 saturated heterocycles. The van der Waals surface area contributed by atoms with E-state index < -0.39 is 0 Å². The third-order valence-electron chi connectivity index (χ3n) is 4.73. The van der Waals surface area contributed by atoms with Gasteiger partial charge in [0.15, 0.2) is 0 Å². The lowest BCUT2D eigenvalue weighted by atomic mass is 10.1. The monoisotopic (exact) mass is 438 g/mol. The highest BCUT2D eigenvalue weighted by atomic mass is 16.5. The Labute approximate surface area is 188 Å². The van der Waals surface area contributed by atoms with Crippen LogP contribution < -0.4 is 20.5 Å². The summed E-state index contributed by atoms with van der Waals surface area (Å²) < 4.78 is 17.1. The number of fused-ring (bicyclic) bond motifs is 1. The number of rotatable bonds is 6. The molecule has 1 amide bonds. The van der Waals surface area contributed by atoms with Crippen molar-refractivity contribution in [1.29, 1.82) is 0 Å². The smallest absolute Gasteiger partial charge is 0.259 e. The molecule has 0 bridgehead atoms. The number of hydrogen-bond acceptors (Lipinski definition) is 7. The van der Waals surface area contributed by atoms with Crippen LogP contribution in [0.1, 0.15) is 10.4 Å². The molecule has 3 N–H and O–H groups in total. The molecule has 8 heteroatoms. The highest BCUT2D eigenvalue weighted by molar-refractivity contribution is 6.12. The van der Waals surface area contributed by atoms with Gasteiger partial charge in [0.25, 0.3) is 5.91 Å². The zero-order chi connectivity index (χ0) is 22.6. The van der Waals surface area contributed by atoms with E-state index in [1.165, 1.54) is 12.5 Å². The number of ether oxygens (including phenoxy) is 2. The first-order valence-corrected chi connectivity index (χ1v) is 10.1. The van der Waals surface area contributed by atoms with Gasteiger partial charge in [0, 0.05) is 35.5 Å². The number of nitrogens with two attached hydrogens (primary N) is 1. The maximum absolute atomic E-state index is 12.9. The van der Waals surface area contributed by atoms with Gasteiger partial charge >= 0.3 is 0 Å². The molecule has 0 aliphatic heterocycles. The quantitative estimate of drug-likeness (QED) is 0.353. The van der Waals surface area contributed by atoms with E-state index >= 15 is 0 Å². The van der Waals surface area contributed by atoms with E-state index in [1.807, 2.05) is 42.5 Å². The van der Waals surface area contributed by atoms with Crippen LogP contribution in [0.4, 0.5) is 11.6 Å². The number of carbonyl (C=O) groups is 1. The number of carbonyl (C=O) groups excluding carboxylic acids is 1. The number of nitrogens with one attached hydrogen (secondary N) is 1. The Bertz CT molecular complexity index is 1430. The van der Waals surface area contributed by atoms with Crippen molar-refractivity contribution in [2.45, 2.75) is 0 Å². The predicted octanol–water partition coefficient (Wildman–Crippen LogP) is 5.64. The lowest BCUT2D eigenvalue weighted by molar-refractivity contribution is 0.102. The van der Waals surface area contributed by atoms with E-state index in [1.54, 1.807) is 36.4 Å². The van der Waals surface area contributed by atoms with Gasteiger partial charge in [-0.3, -0.25) is 4.79 Å². The van der Waals surface area contributed by atoms with Crippen LogP contribution in [0.3, 0.4) is 0 Å². The van der Waals surface area contributed by atoms with Crippen molar-refractivity contribution in [3.8, 4) is 23.1 Å². The first-order chi connectivity index (χ1) is 16.1. The van der Waals surface area contributed by atoms with Crippen molar-refractivity contribution in [2.24, 2.45) is 0 Å². The normalized spacial score (nSPS) is 10.7. The Morgan fingerprint density at radius 1 is 0.879 bits per heavy atom. The van der Waals surface area contributed by atoms with E-state index in [2.05, 4.69) is 15.3 Å². The molecule has 0 aliphatic rings. The summed E-state index contributed by atoms with van der Waals surface area (Å²) in [7, 11) is 0. The summed E-state index contributed by atoms with van der Waals surface area (Å²) in [4.78, 5) is 20.7. The summed E-state index contributed by atoms with van der Waals surface area (Å²) in [5.41, 5.74) is 7.08. The fourth-order valence-corrected chi connectivity index (χ4v) is 3.24. The minimum absolute atomic E-state index is 0.115. The van der Waals surface area contributed by atoms with Crippen LogP contribution in [0.25, 0.3) is 11.0 Å². The van der Waals surface area contributed by atoms with Crippen molar-refractivity contribution in [1.82, 2.24) is 9.97 Å². The van der Waals surface area contributed by atoms with Gasteiger partial charge in [0.2, 0.25) is 11.8 Å². The zero-order valence-corrected chi connectivity index (χ0v) is 17.3. The third-order valence-corrected chi connectivity index (χ3v) is 4.73. The fourth-order valence-electron chi connectivity index (χ4n) is 3.24. The first kappa shape index (κ1) is 20.1. The molecule has 162 valence electrons. The fraction of sp³-hybridized carbons (Fsp3) is 0. The van der Waals surface area contributed by atoms with Crippen molar-refractivity contribution in [3.63, 3.8) is 0 Å². The summed E-state index contributed by atoms with van der Waals surface area (Å²) in [6, 6.07) is 23.4. The van der Waals surface area contributed by atoms with Gasteiger partial charge in [-0.15, -0.1) is 0 Å². The highest BCUT2D eigenvalue weighted by Crippen LogP contribution is 2.29. The van der Waals surface area contributed by atoms with Crippen LogP contribution in [-0.2, 0) is 0 Å². The summed E-state index contributed by atoms with van der Waals surface area (Å²) in [5.74, 6) is 1.94. The molecule has 33 heavy (non-hydrogen) atoms. The molecule has 0 saturated carbocycles. The maximum atomic E-state index is 12.9. The van der Waals surface area contributed by atoms with E-state index in [0.29, 0.717) is 45.3 Å². The van der Waals surface area contributed by atoms with Gasteiger partial charge in [-0.05, 0) is 36.4 Å². The minimum atomic E-state index is -0.303. The number of nitrogen functional groups attached to an aromatic ring is 1. The van der Waals surface area contributed by atoms with E-state index in [0.717, 1.165) is 0 Å². The Kier molecular flexibility index (Phi) is 5.30. The minimum Gasteiger partial charge on any atom is -0.463 e. The third kappa shape index (κ3) is 4.59. The standard InChI is InChI=1S/C25H18N4O4/c26-25-27-12-11-23(29-25)33-19-9-10-20-21(15-31-22(20)14-19)24(30)28-16-5-4-8-18(13-16)32-17-6-2-1-3-7-17/h1-15H,(H,28,30)(H2,26,27,29). The molecular weight excluding hydrogens is 420 g/mol. The lowest BCUT2D eigenvalue weighted by Gasteiger charge is -2.08. The SMILES string of the molecule is Nc1nccc(Oc2ccc3c(C(=O)Nc4cccc(Oc5ccccc5)c4)coc3c2)n1. The number of hydrogen-bond donors (Lipinski definition) is 2. The van der Waals surface area contributed by atoms with Crippen LogP contribution in [0.15, 0.2) is 95.7 Å².